The van der Waals surface area contributed by atoms with Crippen molar-refractivity contribution in [2.75, 3.05) is 6.61 Å². The molecule has 3 aromatic rings. The maximum Gasteiger partial charge on any atom is 0.340 e. The number of nitrogens with zero attached hydrogens (tertiary/aromatic N) is 4. The quantitative estimate of drug-likeness (QED) is 0.372. The van der Waals surface area contributed by atoms with Crippen LogP contribution in [-0.4, -0.2) is 38.6 Å². The third kappa shape index (κ3) is 3.72. The number of hydrogen-bond donors (Lipinski definition) is 0. The Morgan fingerprint density at radius 2 is 2.04 bits per heavy atom. The van der Waals surface area contributed by atoms with Crippen LogP contribution in [0.15, 0.2) is 48.1 Å². The van der Waals surface area contributed by atoms with E-state index >= 15 is 0 Å². The fourth-order valence-corrected chi connectivity index (χ4v) is 2.85. The van der Waals surface area contributed by atoms with Gasteiger partial charge in [0.15, 0.2) is 5.78 Å². The average Bonchev–Trinajstić information content (AvgIpc) is 3.32. The van der Waals surface area contributed by atoms with Crippen molar-refractivity contribution >= 4 is 23.1 Å². The lowest BCUT2D eigenvalue weighted by molar-refractivity contribution is 0.0494. The van der Waals surface area contributed by atoms with E-state index in [-0.39, 0.29) is 12.4 Å². The van der Waals surface area contributed by atoms with Crippen LogP contribution in [0.5, 0.6) is 0 Å². The van der Waals surface area contributed by atoms with Crippen LogP contribution in [0.3, 0.4) is 0 Å². The molecule has 7 nitrogen and oxygen atoms in total. The summed E-state index contributed by atoms with van der Waals surface area (Å²) in [5.74, 6) is -0.403. The summed E-state index contributed by atoms with van der Waals surface area (Å²) in [4.78, 5) is 24.8. The fraction of sp³-hybridized carbons (Fsp3) is 0.188. The van der Waals surface area contributed by atoms with Gasteiger partial charge in [0.05, 0.1) is 22.7 Å². The molecular formula is C16H14N4O3S. The van der Waals surface area contributed by atoms with Gasteiger partial charge in [-0.25, -0.2) is 4.79 Å². The number of esters is 1. The number of ketones is 1. The topological polar surface area (TPSA) is 87.0 Å². The summed E-state index contributed by atoms with van der Waals surface area (Å²) in [5.41, 5.74) is 0.913. The minimum atomic E-state index is -0.468. The molecule has 0 unspecified atom stereocenters. The van der Waals surface area contributed by atoms with Crippen LogP contribution in [0, 0.1) is 0 Å². The third-order valence-electron chi connectivity index (χ3n) is 3.30. The van der Waals surface area contributed by atoms with E-state index in [9.17, 15) is 9.59 Å². The lowest BCUT2D eigenvalue weighted by Crippen LogP contribution is -2.11. The predicted molar refractivity (Wildman–Crippen MR) is 87.3 cm³/mol. The molecule has 0 saturated carbocycles. The molecule has 0 aliphatic heterocycles. The van der Waals surface area contributed by atoms with Gasteiger partial charge in [0, 0.05) is 6.42 Å². The minimum Gasteiger partial charge on any atom is -0.462 e. The first-order chi connectivity index (χ1) is 11.8. The Morgan fingerprint density at radius 3 is 2.79 bits per heavy atom. The van der Waals surface area contributed by atoms with Crippen molar-refractivity contribution in [3.8, 4) is 5.69 Å². The maximum absolute atomic E-state index is 12.2. The van der Waals surface area contributed by atoms with E-state index in [1.54, 1.807) is 30.3 Å². The van der Waals surface area contributed by atoms with Gasteiger partial charge in [-0.15, -0.1) is 16.4 Å². The fourth-order valence-electron chi connectivity index (χ4n) is 2.15. The second-order valence-electron chi connectivity index (χ2n) is 4.91. The Balaban J connectivity index is 1.55. The molecule has 2 heterocycles. The highest BCUT2D eigenvalue weighted by Gasteiger charge is 2.15. The van der Waals surface area contributed by atoms with Crippen molar-refractivity contribution in [3.63, 3.8) is 0 Å². The zero-order chi connectivity index (χ0) is 16.8. The summed E-state index contributed by atoms with van der Waals surface area (Å²) in [6.45, 7) is 0.180. The second kappa shape index (κ2) is 7.60. The van der Waals surface area contributed by atoms with Crippen molar-refractivity contribution < 1.29 is 14.3 Å². The first kappa shape index (κ1) is 16.0. The number of thiophene rings is 1. The molecule has 0 spiro atoms. The highest BCUT2D eigenvalue weighted by molar-refractivity contribution is 7.12. The van der Waals surface area contributed by atoms with Gasteiger partial charge < -0.3 is 4.74 Å². The summed E-state index contributed by atoms with van der Waals surface area (Å²) in [6.07, 6.45) is 2.24. The standard InChI is InChI=1S/C16H14N4O3S/c21-14(15-8-4-10-24-15)7-3-9-23-16(22)12-5-1-2-6-13(12)20-11-17-18-19-20/h1-2,4-6,8,10-11H,3,7,9H2. The Bertz CT molecular complexity index is 816. The summed E-state index contributed by atoms with van der Waals surface area (Å²) in [7, 11) is 0. The summed E-state index contributed by atoms with van der Waals surface area (Å²) >= 11 is 1.41. The van der Waals surface area contributed by atoms with Crippen molar-refractivity contribution in [1.29, 1.82) is 0 Å². The molecule has 0 saturated heterocycles. The molecule has 0 fully saturated rings. The highest BCUT2D eigenvalue weighted by Crippen LogP contribution is 2.15. The van der Waals surface area contributed by atoms with Gasteiger partial charge in [-0.1, -0.05) is 18.2 Å². The van der Waals surface area contributed by atoms with Crippen LogP contribution in [0.25, 0.3) is 5.69 Å². The van der Waals surface area contributed by atoms with Crippen LogP contribution in [-0.2, 0) is 4.74 Å². The molecule has 0 bridgehead atoms. The van der Waals surface area contributed by atoms with Gasteiger partial charge in [-0.2, -0.15) is 4.68 Å². The zero-order valence-electron chi connectivity index (χ0n) is 12.7. The number of hydrogen-bond acceptors (Lipinski definition) is 7. The molecule has 3 rings (SSSR count). The van der Waals surface area contributed by atoms with Crippen molar-refractivity contribution in [2.45, 2.75) is 12.8 Å². The normalized spacial score (nSPS) is 10.5. The van der Waals surface area contributed by atoms with Gasteiger partial charge in [0.2, 0.25) is 0 Å². The number of Topliss-reactive ketones (excluding diaryl/α,β-unsaturated/α-hetero) is 1. The smallest absolute Gasteiger partial charge is 0.340 e. The third-order valence-corrected chi connectivity index (χ3v) is 4.21. The monoisotopic (exact) mass is 342 g/mol. The van der Waals surface area contributed by atoms with Crippen LogP contribution in [0.4, 0.5) is 0 Å². The molecule has 0 N–H and O–H groups in total. The lowest BCUT2D eigenvalue weighted by Gasteiger charge is -2.08. The largest absolute Gasteiger partial charge is 0.462 e. The summed E-state index contributed by atoms with van der Waals surface area (Å²) in [5, 5.41) is 12.8. The van der Waals surface area contributed by atoms with E-state index in [4.69, 9.17) is 4.74 Å². The molecule has 0 atom stereocenters. The van der Waals surface area contributed by atoms with Crippen molar-refractivity contribution in [1.82, 2.24) is 20.2 Å². The molecule has 0 aliphatic rings. The first-order valence-corrected chi connectivity index (χ1v) is 8.20. The molecular weight excluding hydrogens is 328 g/mol. The van der Waals surface area contributed by atoms with E-state index in [0.717, 1.165) is 4.88 Å². The van der Waals surface area contributed by atoms with Gasteiger partial charge >= 0.3 is 5.97 Å². The predicted octanol–water partition coefficient (Wildman–Crippen LogP) is 2.54. The number of aromatic nitrogens is 4. The van der Waals surface area contributed by atoms with Gasteiger partial charge in [-0.05, 0) is 40.4 Å². The molecule has 0 amide bonds. The average molecular weight is 342 g/mol. The van der Waals surface area contributed by atoms with Crippen LogP contribution < -0.4 is 0 Å². The van der Waals surface area contributed by atoms with E-state index in [0.29, 0.717) is 24.1 Å². The van der Waals surface area contributed by atoms with Crippen molar-refractivity contribution in [2.24, 2.45) is 0 Å². The Kier molecular flexibility index (Phi) is 5.07. The molecule has 0 radical (unpaired) electrons. The van der Waals surface area contributed by atoms with Gasteiger partial charge in [0.25, 0.3) is 0 Å². The number of para-hydroxylation sites is 1. The first-order valence-electron chi connectivity index (χ1n) is 7.32. The zero-order valence-corrected chi connectivity index (χ0v) is 13.5. The molecule has 1 aromatic carbocycles. The van der Waals surface area contributed by atoms with E-state index in [2.05, 4.69) is 15.5 Å². The van der Waals surface area contributed by atoms with Gasteiger partial charge in [-0.3, -0.25) is 4.79 Å². The number of ether oxygens (including phenoxy) is 1. The number of carbonyl (C=O) groups is 2. The Morgan fingerprint density at radius 1 is 1.17 bits per heavy atom. The lowest BCUT2D eigenvalue weighted by atomic mass is 10.2. The van der Waals surface area contributed by atoms with E-state index in [1.807, 2.05) is 11.4 Å². The SMILES string of the molecule is O=C(CCCOC(=O)c1ccccc1-n1cnnn1)c1cccs1. The minimum absolute atomic E-state index is 0.0649. The number of rotatable bonds is 7. The Hall–Kier alpha value is -2.87. The number of benzene rings is 1. The van der Waals surface area contributed by atoms with Crippen LogP contribution >= 0.6 is 11.3 Å². The van der Waals surface area contributed by atoms with Gasteiger partial charge in [0.1, 0.15) is 6.33 Å². The number of tetrazole rings is 1. The van der Waals surface area contributed by atoms with Crippen LogP contribution in [0.1, 0.15) is 32.9 Å². The summed E-state index contributed by atoms with van der Waals surface area (Å²) in [6, 6.07) is 10.5. The van der Waals surface area contributed by atoms with E-state index in [1.165, 1.54) is 22.3 Å². The molecule has 8 heteroatoms. The van der Waals surface area contributed by atoms with E-state index < -0.39 is 5.97 Å². The molecule has 2 aromatic heterocycles. The summed E-state index contributed by atoms with van der Waals surface area (Å²) < 4.78 is 6.66. The second-order valence-corrected chi connectivity index (χ2v) is 5.86. The number of carbonyl (C=O) groups excluding carboxylic acids is 2. The van der Waals surface area contributed by atoms with Crippen LogP contribution in [0.2, 0.25) is 0 Å². The maximum atomic E-state index is 12.2. The highest BCUT2D eigenvalue weighted by atomic mass is 32.1. The molecule has 0 aliphatic carbocycles. The molecule has 122 valence electrons. The Labute approximate surface area is 141 Å². The molecule has 24 heavy (non-hydrogen) atoms. The van der Waals surface area contributed by atoms with Crippen molar-refractivity contribution in [3.05, 3.63) is 58.5 Å².